The van der Waals surface area contributed by atoms with Crippen molar-refractivity contribution in [2.45, 2.75) is 31.8 Å². The van der Waals surface area contributed by atoms with E-state index in [9.17, 15) is 0 Å². The van der Waals surface area contributed by atoms with Crippen LogP contribution in [0.4, 0.5) is 0 Å². The summed E-state index contributed by atoms with van der Waals surface area (Å²) in [6.45, 7) is 5.26. The lowest BCUT2D eigenvalue weighted by molar-refractivity contribution is 0.0151. The molecule has 1 spiro atoms. The Morgan fingerprint density at radius 3 is 2.83 bits per heavy atom. The van der Waals surface area contributed by atoms with Crippen molar-refractivity contribution in [2.24, 2.45) is 0 Å². The highest BCUT2D eigenvalue weighted by Crippen LogP contribution is 2.41. The summed E-state index contributed by atoms with van der Waals surface area (Å²) in [5.74, 6) is 1.08. The number of aliphatic hydroxyl groups is 1. The Hall–Kier alpha value is -1.06. The Morgan fingerprint density at radius 1 is 1.33 bits per heavy atom. The lowest BCUT2D eigenvalue weighted by atomic mass is 9.87. The number of piperidine rings is 1. The summed E-state index contributed by atoms with van der Waals surface area (Å²) < 4.78 is 6.23. The number of likely N-dealkylation sites (tertiary alicyclic amines) is 1. The third kappa shape index (κ3) is 2.13. The first-order valence-electron chi connectivity index (χ1n) is 6.83. The second-order valence-electron chi connectivity index (χ2n) is 5.64. The lowest BCUT2D eigenvalue weighted by Crippen LogP contribution is -2.47. The van der Waals surface area contributed by atoms with Crippen LogP contribution in [0.15, 0.2) is 18.2 Å². The third-order valence-electron chi connectivity index (χ3n) is 4.24. The van der Waals surface area contributed by atoms with Crippen LogP contribution in [0.2, 0.25) is 0 Å². The van der Waals surface area contributed by atoms with Crippen LogP contribution in [0.1, 0.15) is 24.0 Å². The van der Waals surface area contributed by atoms with Crippen molar-refractivity contribution in [3.63, 3.8) is 0 Å². The number of ether oxygens (including phenoxy) is 1. The summed E-state index contributed by atoms with van der Waals surface area (Å²) >= 11 is 0. The number of β-amino-alcohol motifs (C(OH)–C–C–N with tert-alkyl or cyclic N) is 1. The Kier molecular flexibility index (Phi) is 3.04. The minimum Gasteiger partial charge on any atom is -0.487 e. The van der Waals surface area contributed by atoms with Crippen LogP contribution in [-0.4, -0.2) is 41.8 Å². The molecule has 18 heavy (non-hydrogen) atoms. The van der Waals surface area contributed by atoms with Crippen LogP contribution in [0.25, 0.3) is 0 Å². The van der Waals surface area contributed by atoms with Gasteiger partial charge in [0.2, 0.25) is 0 Å². The van der Waals surface area contributed by atoms with Crippen molar-refractivity contribution in [3.8, 4) is 5.75 Å². The monoisotopic (exact) mass is 247 g/mol. The number of aliphatic hydroxyl groups excluding tert-OH is 1. The van der Waals surface area contributed by atoms with Gasteiger partial charge >= 0.3 is 0 Å². The molecule has 0 amide bonds. The predicted molar refractivity (Wildman–Crippen MR) is 71.0 cm³/mol. The summed E-state index contributed by atoms with van der Waals surface area (Å²) in [5, 5.41) is 8.97. The molecule has 3 heteroatoms. The van der Waals surface area contributed by atoms with E-state index < -0.39 is 0 Å². The molecule has 1 N–H and O–H groups in total. The highest BCUT2D eigenvalue weighted by molar-refractivity contribution is 5.42. The fourth-order valence-electron chi connectivity index (χ4n) is 3.17. The second-order valence-corrected chi connectivity index (χ2v) is 5.64. The SMILES string of the molecule is Cc1ccc2c(c1)CC1(CCN(CCO)CC1)O2. The van der Waals surface area contributed by atoms with E-state index in [0.717, 1.165) is 44.6 Å². The quantitative estimate of drug-likeness (QED) is 0.864. The van der Waals surface area contributed by atoms with Gasteiger partial charge in [-0.25, -0.2) is 0 Å². The average molecular weight is 247 g/mol. The van der Waals surface area contributed by atoms with E-state index in [2.05, 4.69) is 30.0 Å². The largest absolute Gasteiger partial charge is 0.487 e. The van der Waals surface area contributed by atoms with Gasteiger partial charge in [0.15, 0.2) is 0 Å². The number of rotatable bonds is 2. The Balaban J connectivity index is 1.70. The Labute approximate surface area is 108 Å². The molecule has 0 atom stereocenters. The van der Waals surface area contributed by atoms with Gasteiger partial charge in [0.1, 0.15) is 11.4 Å². The molecule has 1 saturated heterocycles. The van der Waals surface area contributed by atoms with E-state index in [1.54, 1.807) is 0 Å². The predicted octanol–water partition coefficient (Wildman–Crippen LogP) is 1.76. The van der Waals surface area contributed by atoms with E-state index in [1.807, 2.05) is 0 Å². The summed E-state index contributed by atoms with van der Waals surface area (Å²) in [7, 11) is 0. The van der Waals surface area contributed by atoms with E-state index >= 15 is 0 Å². The molecule has 0 bridgehead atoms. The van der Waals surface area contributed by atoms with Crippen molar-refractivity contribution < 1.29 is 9.84 Å². The molecule has 2 aliphatic rings. The second kappa shape index (κ2) is 4.56. The highest BCUT2D eigenvalue weighted by Gasteiger charge is 2.41. The Morgan fingerprint density at radius 2 is 2.11 bits per heavy atom. The van der Waals surface area contributed by atoms with E-state index in [4.69, 9.17) is 9.84 Å². The van der Waals surface area contributed by atoms with Crippen LogP contribution in [-0.2, 0) is 6.42 Å². The van der Waals surface area contributed by atoms with Crippen molar-refractivity contribution >= 4 is 0 Å². The molecule has 2 aliphatic heterocycles. The highest BCUT2D eigenvalue weighted by atomic mass is 16.5. The minimum atomic E-state index is 0.0298. The molecule has 1 aromatic carbocycles. The van der Waals surface area contributed by atoms with E-state index in [1.165, 1.54) is 11.1 Å². The van der Waals surface area contributed by atoms with E-state index in [0.29, 0.717) is 0 Å². The van der Waals surface area contributed by atoms with Gasteiger partial charge in [0, 0.05) is 38.9 Å². The van der Waals surface area contributed by atoms with Crippen LogP contribution < -0.4 is 4.74 Å². The number of hydrogen-bond acceptors (Lipinski definition) is 3. The zero-order valence-corrected chi connectivity index (χ0v) is 11.0. The van der Waals surface area contributed by atoms with Crippen molar-refractivity contribution in [1.82, 2.24) is 4.90 Å². The van der Waals surface area contributed by atoms with Gasteiger partial charge in [-0.05, 0) is 18.6 Å². The number of hydrogen-bond donors (Lipinski definition) is 1. The van der Waals surface area contributed by atoms with Gasteiger partial charge in [-0.15, -0.1) is 0 Å². The van der Waals surface area contributed by atoms with Crippen molar-refractivity contribution in [1.29, 1.82) is 0 Å². The molecule has 0 aliphatic carbocycles. The summed E-state index contributed by atoms with van der Waals surface area (Å²) in [4.78, 5) is 2.32. The normalized spacial score (nSPS) is 21.9. The van der Waals surface area contributed by atoms with Gasteiger partial charge < -0.3 is 14.7 Å². The van der Waals surface area contributed by atoms with Gasteiger partial charge in [-0.2, -0.15) is 0 Å². The molecule has 3 rings (SSSR count). The molecule has 0 saturated carbocycles. The molecule has 0 radical (unpaired) electrons. The maximum Gasteiger partial charge on any atom is 0.123 e. The first kappa shape index (κ1) is 12.0. The number of fused-ring (bicyclic) bond motifs is 1. The lowest BCUT2D eigenvalue weighted by Gasteiger charge is -2.38. The summed E-state index contributed by atoms with van der Waals surface area (Å²) in [6, 6.07) is 6.49. The fraction of sp³-hybridized carbons (Fsp3) is 0.600. The van der Waals surface area contributed by atoms with Gasteiger partial charge in [-0.3, -0.25) is 0 Å². The minimum absolute atomic E-state index is 0.0298. The zero-order valence-electron chi connectivity index (χ0n) is 11.0. The first-order chi connectivity index (χ1) is 8.71. The van der Waals surface area contributed by atoms with Crippen LogP contribution in [0.5, 0.6) is 5.75 Å². The number of aryl methyl sites for hydroxylation is 1. The maximum absolute atomic E-state index is 8.97. The molecule has 1 fully saturated rings. The van der Waals surface area contributed by atoms with Crippen molar-refractivity contribution in [2.75, 3.05) is 26.2 Å². The summed E-state index contributed by atoms with van der Waals surface area (Å²) in [6.07, 6.45) is 3.19. The number of benzene rings is 1. The molecular formula is C15H21NO2. The molecular weight excluding hydrogens is 226 g/mol. The van der Waals surface area contributed by atoms with Gasteiger partial charge in [-0.1, -0.05) is 17.7 Å². The average Bonchev–Trinajstić information content (AvgIpc) is 2.70. The smallest absolute Gasteiger partial charge is 0.123 e. The molecule has 2 heterocycles. The molecule has 98 valence electrons. The van der Waals surface area contributed by atoms with Gasteiger partial charge in [0.05, 0.1) is 6.61 Å². The fourth-order valence-corrected chi connectivity index (χ4v) is 3.17. The molecule has 1 aromatic rings. The van der Waals surface area contributed by atoms with Crippen LogP contribution >= 0.6 is 0 Å². The summed E-state index contributed by atoms with van der Waals surface area (Å²) in [5.41, 5.74) is 2.71. The molecule has 3 nitrogen and oxygen atoms in total. The van der Waals surface area contributed by atoms with E-state index in [-0.39, 0.29) is 12.2 Å². The maximum atomic E-state index is 8.97. The first-order valence-corrected chi connectivity index (χ1v) is 6.83. The van der Waals surface area contributed by atoms with Crippen molar-refractivity contribution in [3.05, 3.63) is 29.3 Å². The van der Waals surface area contributed by atoms with Gasteiger partial charge in [0.25, 0.3) is 0 Å². The Bertz CT molecular complexity index is 436. The zero-order chi connectivity index (χ0) is 12.6. The topological polar surface area (TPSA) is 32.7 Å². The van der Waals surface area contributed by atoms with Crippen LogP contribution in [0.3, 0.4) is 0 Å². The molecule has 0 unspecified atom stereocenters. The van der Waals surface area contributed by atoms with Crippen LogP contribution in [0, 0.1) is 6.92 Å². The third-order valence-corrected chi connectivity index (χ3v) is 4.24. The number of nitrogens with zero attached hydrogens (tertiary/aromatic N) is 1. The standard InChI is InChI=1S/C15H21NO2/c1-12-2-3-14-13(10-12)11-15(18-14)4-6-16(7-5-15)8-9-17/h2-3,10,17H,4-9,11H2,1H3. The molecule has 0 aromatic heterocycles.